The maximum Gasteiger partial charge on any atom is 0.0702 e. The molecule has 0 fully saturated rings. The molecule has 0 radical (unpaired) electrons. The second kappa shape index (κ2) is 5.49. The standard InChI is InChI=1S/C16H22N2/c1-11(2)15(9-17)8-13-4-5-16-14(7-13)6-12(3)10-18-16/h4-7,10-11,15H,8-9,17H2,1-3H3. The quantitative estimate of drug-likeness (QED) is 0.893. The van der Waals surface area contributed by atoms with Crippen LogP contribution in [0.5, 0.6) is 0 Å². The highest BCUT2D eigenvalue weighted by Gasteiger charge is 2.12. The van der Waals surface area contributed by atoms with Gasteiger partial charge in [0.25, 0.3) is 0 Å². The van der Waals surface area contributed by atoms with Crippen molar-refractivity contribution in [3.63, 3.8) is 0 Å². The van der Waals surface area contributed by atoms with Crippen LogP contribution in [0, 0.1) is 18.8 Å². The number of rotatable bonds is 4. The summed E-state index contributed by atoms with van der Waals surface area (Å²) >= 11 is 0. The molecule has 0 saturated carbocycles. The number of fused-ring (bicyclic) bond motifs is 1. The second-order valence-corrected chi connectivity index (χ2v) is 5.48. The summed E-state index contributed by atoms with van der Waals surface area (Å²) in [7, 11) is 0. The third-order valence-corrected chi connectivity index (χ3v) is 3.63. The van der Waals surface area contributed by atoms with Crippen molar-refractivity contribution in [3.05, 3.63) is 41.6 Å². The lowest BCUT2D eigenvalue weighted by Crippen LogP contribution is -2.22. The van der Waals surface area contributed by atoms with Gasteiger partial charge in [0.2, 0.25) is 0 Å². The van der Waals surface area contributed by atoms with Crippen LogP contribution in [-0.4, -0.2) is 11.5 Å². The predicted octanol–water partition coefficient (Wildman–Crippen LogP) is 3.32. The molecule has 0 aliphatic rings. The number of hydrogen-bond donors (Lipinski definition) is 1. The fourth-order valence-corrected chi connectivity index (χ4v) is 2.31. The summed E-state index contributed by atoms with van der Waals surface area (Å²) in [4.78, 5) is 4.43. The molecule has 0 spiro atoms. The molecule has 2 nitrogen and oxygen atoms in total. The minimum Gasteiger partial charge on any atom is -0.330 e. The topological polar surface area (TPSA) is 38.9 Å². The van der Waals surface area contributed by atoms with Crippen LogP contribution in [0.15, 0.2) is 30.5 Å². The Morgan fingerprint density at radius 3 is 2.67 bits per heavy atom. The first-order valence-electron chi connectivity index (χ1n) is 6.65. The predicted molar refractivity (Wildman–Crippen MR) is 77.6 cm³/mol. The van der Waals surface area contributed by atoms with Crippen LogP contribution in [0.2, 0.25) is 0 Å². The van der Waals surface area contributed by atoms with Gasteiger partial charge in [0.15, 0.2) is 0 Å². The molecule has 1 aromatic carbocycles. The van der Waals surface area contributed by atoms with Crippen LogP contribution in [-0.2, 0) is 6.42 Å². The summed E-state index contributed by atoms with van der Waals surface area (Å²) in [5, 5.41) is 1.23. The van der Waals surface area contributed by atoms with Gasteiger partial charge in [-0.15, -0.1) is 0 Å². The van der Waals surface area contributed by atoms with Gasteiger partial charge in [-0.1, -0.05) is 19.9 Å². The molecule has 2 heteroatoms. The maximum atomic E-state index is 5.85. The van der Waals surface area contributed by atoms with Crippen molar-refractivity contribution < 1.29 is 0 Å². The zero-order valence-electron chi connectivity index (χ0n) is 11.5. The summed E-state index contributed by atoms with van der Waals surface area (Å²) < 4.78 is 0. The molecule has 0 aliphatic carbocycles. The third-order valence-electron chi connectivity index (χ3n) is 3.63. The maximum absolute atomic E-state index is 5.85. The molecule has 0 saturated heterocycles. The largest absolute Gasteiger partial charge is 0.330 e. The molecule has 1 heterocycles. The summed E-state index contributed by atoms with van der Waals surface area (Å²) in [6.07, 6.45) is 2.97. The van der Waals surface area contributed by atoms with Crippen LogP contribution in [0.4, 0.5) is 0 Å². The number of pyridine rings is 1. The summed E-state index contributed by atoms with van der Waals surface area (Å²) in [5.41, 5.74) is 9.48. The lowest BCUT2D eigenvalue weighted by atomic mass is 9.89. The molecule has 96 valence electrons. The molecular formula is C16H22N2. The first-order chi connectivity index (χ1) is 8.60. The van der Waals surface area contributed by atoms with E-state index in [1.807, 2.05) is 6.20 Å². The number of nitrogens with zero attached hydrogens (tertiary/aromatic N) is 1. The van der Waals surface area contributed by atoms with Gasteiger partial charge in [0.1, 0.15) is 0 Å². The van der Waals surface area contributed by atoms with Crippen LogP contribution < -0.4 is 5.73 Å². The zero-order chi connectivity index (χ0) is 13.1. The minimum absolute atomic E-state index is 0.556. The first kappa shape index (κ1) is 13.0. The Kier molecular flexibility index (Phi) is 3.97. The average Bonchev–Trinajstić information content (AvgIpc) is 2.35. The van der Waals surface area contributed by atoms with Gasteiger partial charge in [-0.25, -0.2) is 0 Å². The van der Waals surface area contributed by atoms with Gasteiger partial charge >= 0.3 is 0 Å². The first-order valence-corrected chi connectivity index (χ1v) is 6.65. The Labute approximate surface area is 109 Å². The van der Waals surface area contributed by atoms with E-state index in [4.69, 9.17) is 5.73 Å². The number of aryl methyl sites for hydroxylation is 1. The minimum atomic E-state index is 0.556. The number of aromatic nitrogens is 1. The molecule has 18 heavy (non-hydrogen) atoms. The Hall–Kier alpha value is -1.41. The molecule has 1 unspecified atom stereocenters. The van der Waals surface area contributed by atoms with Crippen molar-refractivity contribution >= 4 is 10.9 Å². The number of benzene rings is 1. The molecule has 2 aromatic rings. The van der Waals surface area contributed by atoms with E-state index in [0.29, 0.717) is 11.8 Å². The van der Waals surface area contributed by atoms with Crippen molar-refractivity contribution in [3.8, 4) is 0 Å². The van der Waals surface area contributed by atoms with E-state index in [-0.39, 0.29) is 0 Å². The van der Waals surface area contributed by atoms with Crippen molar-refractivity contribution in [2.24, 2.45) is 17.6 Å². The summed E-state index contributed by atoms with van der Waals surface area (Å²) in [5.74, 6) is 1.18. The molecular weight excluding hydrogens is 220 g/mol. The van der Waals surface area contributed by atoms with Crippen molar-refractivity contribution in [2.75, 3.05) is 6.54 Å². The molecule has 1 atom stereocenters. The molecule has 0 bridgehead atoms. The molecule has 2 N–H and O–H groups in total. The highest BCUT2D eigenvalue weighted by Crippen LogP contribution is 2.20. The van der Waals surface area contributed by atoms with E-state index in [1.54, 1.807) is 0 Å². The normalized spacial score (nSPS) is 13.2. The Morgan fingerprint density at radius 1 is 1.22 bits per heavy atom. The van der Waals surface area contributed by atoms with E-state index in [1.165, 1.54) is 16.5 Å². The number of hydrogen-bond acceptors (Lipinski definition) is 2. The lowest BCUT2D eigenvalue weighted by molar-refractivity contribution is 0.392. The van der Waals surface area contributed by atoms with Crippen LogP contribution in [0.25, 0.3) is 10.9 Å². The lowest BCUT2D eigenvalue weighted by Gasteiger charge is -2.18. The van der Waals surface area contributed by atoms with Gasteiger partial charge in [0.05, 0.1) is 5.52 Å². The van der Waals surface area contributed by atoms with Gasteiger partial charge < -0.3 is 5.73 Å². The third kappa shape index (κ3) is 2.88. The van der Waals surface area contributed by atoms with Crippen molar-refractivity contribution in [2.45, 2.75) is 27.2 Å². The van der Waals surface area contributed by atoms with Gasteiger partial charge in [-0.2, -0.15) is 0 Å². The van der Waals surface area contributed by atoms with E-state index >= 15 is 0 Å². The number of nitrogens with two attached hydrogens (primary N) is 1. The fraction of sp³-hybridized carbons (Fsp3) is 0.438. The van der Waals surface area contributed by atoms with Gasteiger partial charge in [0, 0.05) is 11.6 Å². The van der Waals surface area contributed by atoms with Crippen LogP contribution >= 0.6 is 0 Å². The molecule has 2 rings (SSSR count). The van der Waals surface area contributed by atoms with Crippen molar-refractivity contribution in [1.29, 1.82) is 0 Å². The molecule has 0 amide bonds. The van der Waals surface area contributed by atoms with E-state index in [0.717, 1.165) is 18.5 Å². The smallest absolute Gasteiger partial charge is 0.0702 e. The van der Waals surface area contributed by atoms with Gasteiger partial charge in [-0.3, -0.25) is 4.98 Å². The van der Waals surface area contributed by atoms with E-state index < -0.39 is 0 Å². The Morgan fingerprint density at radius 2 is 2.00 bits per heavy atom. The SMILES string of the molecule is Cc1cnc2ccc(CC(CN)C(C)C)cc2c1. The van der Waals surface area contributed by atoms with Gasteiger partial charge in [-0.05, 0) is 61.1 Å². The highest BCUT2D eigenvalue weighted by atomic mass is 14.6. The highest BCUT2D eigenvalue weighted by molar-refractivity contribution is 5.79. The summed E-state index contributed by atoms with van der Waals surface area (Å²) in [6.45, 7) is 7.31. The Balaban J connectivity index is 2.29. The monoisotopic (exact) mass is 242 g/mol. The van der Waals surface area contributed by atoms with E-state index in [9.17, 15) is 0 Å². The van der Waals surface area contributed by atoms with Crippen LogP contribution in [0.3, 0.4) is 0 Å². The second-order valence-electron chi connectivity index (χ2n) is 5.48. The summed E-state index contributed by atoms with van der Waals surface area (Å²) in [6, 6.07) is 8.73. The molecule has 0 aliphatic heterocycles. The average molecular weight is 242 g/mol. The van der Waals surface area contributed by atoms with Crippen molar-refractivity contribution in [1.82, 2.24) is 4.98 Å². The zero-order valence-corrected chi connectivity index (χ0v) is 11.5. The van der Waals surface area contributed by atoms with E-state index in [2.05, 4.69) is 50.0 Å². The Bertz CT molecular complexity index is 532. The molecule has 1 aromatic heterocycles. The van der Waals surface area contributed by atoms with Crippen LogP contribution in [0.1, 0.15) is 25.0 Å². The fourth-order valence-electron chi connectivity index (χ4n) is 2.31.